The molecule has 0 aromatic carbocycles. The van der Waals surface area contributed by atoms with Crippen LogP contribution in [0.15, 0.2) is 0 Å². The van der Waals surface area contributed by atoms with E-state index in [1.54, 1.807) is 13.8 Å². The lowest BCUT2D eigenvalue weighted by Gasteiger charge is -2.10. The predicted octanol–water partition coefficient (Wildman–Crippen LogP) is 2.14. The number of rotatable bonds is 5. The van der Waals surface area contributed by atoms with Crippen LogP contribution in [0.1, 0.15) is 45.4 Å². The molecule has 0 spiro atoms. The Hall–Kier alpha value is -1.93. The van der Waals surface area contributed by atoms with Crippen molar-refractivity contribution in [2.24, 2.45) is 0 Å². The molecule has 1 N–H and O–H groups in total. The smallest absolute Gasteiger partial charge is 0.348 e. The van der Waals surface area contributed by atoms with Gasteiger partial charge < -0.3 is 19.5 Å². The normalized spacial score (nSPS) is 16.9. The summed E-state index contributed by atoms with van der Waals surface area (Å²) in [6.45, 7) is 4.04. The first kappa shape index (κ1) is 17.4. The van der Waals surface area contributed by atoms with E-state index in [0.29, 0.717) is 18.6 Å². The molecule has 1 aliphatic heterocycles. The standard InChI is InChI=1S/C15H19NO6S/c1-4-21-14(18)10-8(2)11(15(19)20-3)23-13(10)16-12(17)9-6-5-7-22-9/h9H,4-7H2,1-3H3,(H,16,17)/t9-/m1/s1. The third kappa shape index (κ3) is 3.70. The largest absolute Gasteiger partial charge is 0.465 e. The number of nitrogens with one attached hydrogen (secondary N) is 1. The van der Waals surface area contributed by atoms with E-state index in [1.807, 2.05) is 0 Å². The maximum absolute atomic E-state index is 12.2. The highest BCUT2D eigenvalue weighted by Gasteiger charge is 2.30. The van der Waals surface area contributed by atoms with Crippen molar-refractivity contribution < 1.29 is 28.6 Å². The quantitative estimate of drug-likeness (QED) is 0.825. The van der Waals surface area contributed by atoms with E-state index in [9.17, 15) is 14.4 Å². The molecule has 126 valence electrons. The summed E-state index contributed by atoms with van der Waals surface area (Å²) in [5, 5.41) is 2.96. The molecule has 0 bridgehead atoms. The Labute approximate surface area is 137 Å². The van der Waals surface area contributed by atoms with E-state index in [0.717, 1.165) is 17.8 Å². The van der Waals surface area contributed by atoms with Gasteiger partial charge in [0.15, 0.2) is 0 Å². The summed E-state index contributed by atoms with van der Waals surface area (Å²) in [5.74, 6) is -1.47. The number of methoxy groups -OCH3 is 1. The topological polar surface area (TPSA) is 90.9 Å². The number of carbonyl (C=O) groups excluding carboxylic acids is 3. The first-order valence-corrected chi connectivity index (χ1v) is 8.12. The molecule has 0 saturated carbocycles. The number of esters is 2. The van der Waals surface area contributed by atoms with Gasteiger partial charge in [-0.1, -0.05) is 0 Å². The second-order valence-corrected chi connectivity index (χ2v) is 5.98. The van der Waals surface area contributed by atoms with E-state index >= 15 is 0 Å². The van der Waals surface area contributed by atoms with Crippen LogP contribution >= 0.6 is 11.3 Å². The Balaban J connectivity index is 2.33. The monoisotopic (exact) mass is 341 g/mol. The minimum absolute atomic E-state index is 0.184. The zero-order valence-corrected chi connectivity index (χ0v) is 14.1. The molecular formula is C15H19NO6S. The van der Waals surface area contributed by atoms with Crippen molar-refractivity contribution in [1.82, 2.24) is 0 Å². The van der Waals surface area contributed by atoms with Gasteiger partial charge in [0.2, 0.25) is 0 Å². The lowest BCUT2D eigenvalue weighted by molar-refractivity contribution is -0.124. The van der Waals surface area contributed by atoms with Gasteiger partial charge in [-0.25, -0.2) is 9.59 Å². The fraction of sp³-hybridized carbons (Fsp3) is 0.533. The van der Waals surface area contributed by atoms with Gasteiger partial charge in [-0.15, -0.1) is 11.3 Å². The maximum atomic E-state index is 12.2. The summed E-state index contributed by atoms with van der Waals surface area (Å²) in [6.07, 6.45) is 0.920. The molecule has 2 heterocycles. The van der Waals surface area contributed by atoms with Crippen LogP contribution in [0.2, 0.25) is 0 Å². The predicted molar refractivity (Wildman–Crippen MR) is 84.0 cm³/mol. The number of amides is 1. The van der Waals surface area contributed by atoms with Gasteiger partial charge in [0, 0.05) is 6.61 Å². The van der Waals surface area contributed by atoms with Gasteiger partial charge in [0.1, 0.15) is 16.0 Å². The molecule has 1 amide bonds. The van der Waals surface area contributed by atoms with Crippen molar-refractivity contribution >= 4 is 34.2 Å². The van der Waals surface area contributed by atoms with Crippen LogP contribution in [0.5, 0.6) is 0 Å². The van der Waals surface area contributed by atoms with Crippen LogP contribution in [-0.4, -0.2) is 44.3 Å². The van der Waals surface area contributed by atoms with Crippen molar-refractivity contribution in [3.8, 4) is 0 Å². The van der Waals surface area contributed by atoms with Crippen LogP contribution in [0.3, 0.4) is 0 Å². The average Bonchev–Trinajstić information content (AvgIpc) is 3.15. The Morgan fingerprint density at radius 1 is 1.35 bits per heavy atom. The molecule has 7 nitrogen and oxygen atoms in total. The molecule has 1 saturated heterocycles. The number of thiophene rings is 1. The number of anilines is 1. The second kappa shape index (κ2) is 7.56. The van der Waals surface area contributed by atoms with Gasteiger partial charge in [-0.05, 0) is 32.3 Å². The summed E-state index contributed by atoms with van der Waals surface area (Å²) < 4.78 is 15.1. The van der Waals surface area contributed by atoms with E-state index in [1.165, 1.54) is 7.11 Å². The Morgan fingerprint density at radius 3 is 2.65 bits per heavy atom. The van der Waals surface area contributed by atoms with Crippen LogP contribution in [0.25, 0.3) is 0 Å². The lowest BCUT2D eigenvalue weighted by atomic mass is 10.1. The number of hydrogen-bond donors (Lipinski definition) is 1. The van der Waals surface area contributed by atoms with Gasteiger partial charge >= 0.3 is 11.9 Å². The molecule has 0 radical (unpaired) electrons. The first-order chi connectivity index (χ1) is 11.0. The van der Waals surface area contributed by atoms with Gasteiger partial charge in [-0.3, -0.25) is 4.79 Å². The molecule has 1 atom stereocenters. The van der Waals surface area contributed by atoms with Crippen LogP contribution in [0.4, 0.5) is 5.00 Å². The lowest BCUT2D eigenvalue weighted by Crippen LogP contribution is -2.27. The van der Waals surface area contributed by atoms with Gasteiger partial charge in [0.05, 0.1) is 19.3 Å². The summed E-state index contributed by atoms with van der Waals surface area (Å²) in [4.78, 5) is 36.5. The highest BCUT2D eigenvalue weighted by Crippen LogP contribution is 2.34. The van der Waals surface area contributed by atoms with Crippen molar-refractivity contribution in [3.63, 3.8) is 0 Å². The molecule has 23 heavy (non-hydrogen) atoms. The molecule has 1 aromatic heterocycles. The molecule has 2 rings (SSSR count). The minimum Gasteiger partial charge on any atom is -0.465 e. The highest BCUT2D eigenvalue weighted by molar-refractivity contribution is 7.18. The van der Waals surface area contributed by atoms with Crippen molar-refractivity contribution in [3.05, 3.63) is 16.0 Å². The van der Waals surface area contributed by atoms with E-state index < -0.39 is 18.0 Å². The number of ether oxygens (including phenoxy) is 3. The zero-order valence-electron chi connectivity index (χ0n) is 13.3. The third-order valence-corrected chi connectivity index (χ3v) is 4.64. The minimum atomic E-state index is -0.584. The summed E-state index contributed by atoms with van der Waals surface area (Å²) >= 11 is 0.997. The van der Waals surface area contributed by atoms with E-state index in [-0.39, 0.29) is 28.0 Å². The van der Waals surface area contributed by atoms with E-state index in [2.05, 4.69) is 5.32 Å². The maximum Gasteiger partial charge on any atom is 0.348 e. The molecule has 1 aromatic rings. The first-order valence-electron chi connectivity index (χ1n) is 7.30. The second-order valence-electron chi connectivity index (χ2n) is 4.96. The fourth-order valence-electron chi connectivity index (χ4n) is 2.31. The zero-order chi connectivity index (χ0) is 17.0. The molecule has 8 heteroatoms. The Morgan fingerprint density at radius 2 is 2.09 bits per heavy atom. The number of hydrogen-bond acceptors (Lipinski definition) is 7. The van der Waals surface area contributed by atoms with Gasteiger partial charge in [-0.2, -0.15) is 0 Å². The Bertz CT molecular complexity index is 618. The highest BCUT2D eigenvalue weighted by atomic mass is 32.1. The summed E-state index contributed by atoms with van der Waals surface area (Å²) in [5.41, 5.74) is 0.617. The van der Waals surface area contributed by atoms with Crippen molar-refractivity contribution in [2.75, 3.05) is 25.6 Å². The van der Waals surface area contributed by atoms with Crippen molar-refractivity contribution in [2.45, 2.75) is 32.8 Å². The summed E-state index contributed by atoms with van der Waals surface area (Å²) in [7, 11) is 1.26. The molecule has 0 unspecified atom stereocenters. The summed E-state index contributed by atoms with van der Waals surface area (Å²) in [6, 6.07) is 0. The Kier molecular flexibility index (Phi) is 5.73. The van der Waals surface area contributed by atoms with Crippen molar-refractivity contribution in [1.29, 1.82) is 0 Å². The van der Waals surface area contributed by atoms with E-state index in [4.69, 9.17) is 14.2 Å². The average molecular weight is 341 g/mol. The molecule has 1 fully saturated rings. The SMILES string of the molecule is CCOC(=O)c1c(NC(=O)[C@H]2CCCO2)sc(C(=O)OC)c1C. The van der Waals surface area contributed by atoms with Crippen LogP contribution < -0.4 is 5.32 Å². The molecule has 1 aliphatic rings. The third-order valence-electron chi connectivity index (χ3n) is 3.46. The van der Waals surface area contributed by atoms with Crippen LogP contribution in [-0.2, 0) is 19.0 Å². The van der Waals surface area contributed by atoms with Crippen LogP contribution in [0, 0.1) is 6.92 Å². The fourth-order valence-corrected chi connectivity index (χ4v) is 3.43. The molecule has 0 aliphatic carbocycles. The number of carbonyl (C=O) groups is 3. The molecular weight excluding hydrogens is 322 g/mol. The van der Waals surface area contributed by atoms with Gasteiger partial charge in [0.25, 0.3) is 5.91 Å².